The van der Waals surface area contributed by atoms with Gasteiger partial charge in [-0.3, -0.25) is 9.78 Å². The lowest BCUT2D eigenvalue weighted by molar-refractivity contribution is 0.102. The highest BCUT2D eigenvalue weighted by Crippen LogP contribution is 2.13. The molecule has 0 aliphatic carbocycles. The zero-order chi connectivity index (χ0) is 12.3. The number of rotatable bonds is 2. The third-order valence-corrected chi connectivity index (χ3v) is 2.30. The molecule has 3 N–H and O–H groups in total. The Morgan fingerprint density at radius 3 is 2.82 bits per heavy atom. The monoisotopic (exact) mass is 227 g/mol. The van der Waals surface area contributed by atoms with E-state index in [0.717, 1.165) is 5.69 Å². The quantitative estimate of drug-likeness (QED) is 0.773. The number of amides is 1. The Kier molecular flexibility index (Phi) is 3.05. The molecular formula is C13H13N3O. The summed E-state index contributed by atoms with van der Waals surface area (Å²) in [5, 5.41) is 2.78. The van der Waals surface area contributed by atoms with Crippen LogP contribution in [-0.4, -0.2) is 10.9 Å². The summed E-state index contributed by atoms with van der Waals surface area (Å²) in [6.07, 6.45) is 1.61. The maximum Gasteiger partial charge on any atom is 0.255 e. The first kappa shape index (κ1) is 11.1. The van der Waals surface area contributed by atoms with E-state index in [1.54, 1.807) is 42.6 Å². The highest BCUT2D eigenvalue weighted by Gasteiger charge is 2.06. The Morgan fingerprint density at radius 2 is 2.12 bits per heavy atom. The minimum atomic E-state index is -0.166. The van der Waals surface area contributed by atoms with Gasteiger partial charge in [-0.2, -0.15) is 0 Å². The van der Waals surface area contributed by atoms with Crippen molar-refractivity contribution < 1.29 is 4.79 Å². The van der Waals surface area contributed by atoms with Gasteiger partial charge in [0, 0.05) is 28.8 Å². The maximum atomic E-state index is 11.9. The molecule has 0 spiro atoms. The second kappa shape index (κ2) is 4.65. The smallest absolute Gasteiger partial charge is 0.255 e. The molecule has 0 saturated carbocycles. The fourth-order valence-corrected chi connectivity index (χ4v) is 1.51. The molecule has 1 heterocycles. The highest BCUT2D eigenvalue weighted by atomic mass is 16.1. The molecule has 0 atom stereocenters. The number of anilines is 2. The lowest BCUT2D eigenvalue weighted by atomic mass is 10.2. The van der Waals surface area contributed by atoms with Gasteiger partial charge in [0.25, 0.3) is 5.91 Å². The van der Waals surface area contributed by atoms with E-state index in [2.05, 4.69) is 10.3 Å². The molecule has 17 heavy (non-hydrogen) atoms. The number of nitrogen functional groups attached to an aromatic ring is 1. The number of nitrogens with one attached hydrogen (secondary N) is 1. The Morgan fingerprint density at radius 1 is 1.29 bits per heavy atom. The van der Waals surface area contributed by atoms with Crippen molar-refractivity contribution in [3.63, 3.8) is 0 Å². The molecule has 0 fully saturated rings. The van der Waals surface area contributed by atoms with Crippen LogP contribution in [0.1, 0.15) is 16.1 Å². The third-order valence-electron chi connectivity index (χ3n) is 2.30. The number of hydrogen-bond donors (Lipinski definition) is 2. The van der Waals surface area contributed by atoms with Crippen LogP contribution in [0.5, 0.6) is 0 Å². The molecule has 0 aliphatic rings. The lowest BCUT2D eigenvalue weighted by Crippen LogP contribution is -2.12. The number of carbonyl (C=O) groups excluding carboxylic acids is 1. The van der Waals surface area contributed by atoms with Crippen LogP contribution in [0.3, 0.4) is 0 Å². The zero-order valence-electron chi connectivity index (χ0n) is 9.47. The van der Waals surface area contributed by atoms with Crippen molar-refractivity contribution in [2.24, 2.45) is 0 Å². The molecule has 0 saturated heterocycles. The van der Waals surface area contributed by atoms with E-state index < -0.39 is 0 Å². The van der Waals surface area contributed by atoms with E-state index in [4.69, 9.17) is 5.73 Å². The first-order valence-electron chi connectivity index (χ1n) is 5.25. The SMILES string of the molecule is Cc1cc(C(=O)Nc2cccc(N)c2)ccn1. The van der Waals surface area contributed by atoms with Crippen molar-refractivity contribution >= 4 is 17.3 Å². The van der Waals surface area contributed by atoms with Gasteiger partial charge in [0.15, 0.2) is 0 Å². The molecule has 4 nitrogen and oxygen atoms in total. The molecular weight excluding hydrogens is 214 g/mol. The van der Waals surface area contributed by atoms with E-state index >= 15 is 0 Å². The van der Waals surface area contributed by atoms with E-state index in [0.29, 0.717) is 16.9 Å². The van der Waals surface area contributed by atoms with Crippen molar-refractivity contribution in [2.75, 3.05) is 11.1 Å². The van der Waals surface area contributed by atoms with Gasteiger partial charge in [0.05, 0.1) is 0 Å². The Balaban J connectivity index is 2.17. The van der Waals surface area contributed by atoms with Gasteiger partial charge in [-0.1, -0.05) is 6.07 Å². The van der Waals surface area contributed by atoms with Crippen LogP contribution < -0.4 is 11.1 Å². The minimum Gasteiger partial charge on any atom is -0.399 e. The van der Waals surface area contributed by atoms with Crippen LogP contribution in [0.25, 0.3) is 0 Å². The number of pyridine rings is 1. The average Bonchev–Trinajstić information content (AvgIpc) is 2.29. The molecule has 0 bridgehead atoms. The Hall–Kier alpha value is -2.36. The Bertz CT molecular complexity index is 552. The Labute approximate surface area is 99.5 Å². The minimum absolute atomic E-state index is 0.166. The summed E-state index contributed by atoms with van der Waals surface area (Å²) < 4.78 is 0. The molecule has 1 aromatic heterocycles. The predicted octanol–water partition coefficient (Wildman–Crippen LogP) is 2.22. The fraction of sp³-hybridized carbons (Fsp3) is 0.0769. The molecule has 0 radical (unpaired) electrons. The number of benzene rings is 1. The summed E-state index contributed by atoms with van der Waals surface area (Å²) in [5.74, 6) is -0.166. The second-order valence-electron chi connectivity index (χ2n) is 3.77. The van der Waals surface area contributed by atoms with Crippen molar-refractivity contribution in [1.29, 1.82) is 0 Å². The summed E-state index contributed by atoms with van der Waals surface area (Å²) in [7, 11) is 0. The second-order valence-corrected chi connectivity index (χ2v) is 3.77. The summed E-state index contributed by atoms with van der Waals surface area (Å²) in [6, 6.07) is 10.5. The standard InChI is InChI=1S/C13H13N3O/c1-9-7-10(5-6-15-9)13(17)16-12-4-2-3-11(14)8-12/h2-8H,14H2,1H3,(H,16,17). The van der Waals surface area contributed by atoms with Crippen LogP contribution in [0, 0.1) is 6.92 Å². The third kappa shape index (κ3) is 2.81. The average molecular weight is 227 g/mol. The van der Waals surface area contributed by atoms with Crippen molar-refractivity contribution in [2.45, 2.75) is 6.92 Å². The first-order valence-corrected chi connectivity index (χ1v) is 5.25. The summed E-state index contributed by atoms with van der Waals surface area (Å²) in [4.78, 5) is 15.9. The van der Waals surface area contributed by atoms with Crippen LogP contribution in [0.2, 0.25) is 0 Å². The summed E-state index contributed by atoms with van der Waals surface area (Å²) in [5.41, 5.74) is 8.33. The molecule has 4 heteroatoms. The largest absolute Gasteiger partial charge is 0.399 e. The molecule has 1 aromatic carbocycles. The van der Waals surface area contributed by atoms with Crippen molar-refractivity contribution in [3.05, 3.63) is 53.9 Å². The van der Waals surface area contributed by atoms with Gasteiger partial charge in [-0.25, -0.2) is 0 Å². The van der Waals surface area contributed by atoms with E-state index in [1.165, 1.54) is 0 Å². The van der Waals surface area contributed by atoms with Crippen LogP contribution in [-0.2, 0) is 0 Å². The van der Waals surface area contributed by atoms with Gasteiger partial charge < -0.3 is 11.1 Å². The lowest BCUT2D eigenvalue weighted by Gasteiger charge is -2.06. The molecule has 86 valence electrons. The number of aryl methyl sites for hydroxylation is 1. The first-order chi connectivity index (χ1) is 8.15. The van der Waals surface area contributed by atoms with Gasteiger partial charge in [0.2, 0.25) is 0 Å². The van der Waals surface area contributed by atoms with Gasteiger partial charge in [-0.15, -0.1) is 0 Å². The van der Waals surface area contributed by atoms with Crippen molar-refractivity contribution in [3.8, 4) is 0 Å². The van der Waals surface area contributed by atoms with E-state index in [1.807, 2.05) is 6.92 Å². The van der Waals surface area contributed by atoms with Gasteiger partial charge in [0.1, 0.15) is 0 Å². The predicted molar refractivity (Wildman–Crippen MR) is 67.8 cm³/mol. The number of hydrogen-bond acceptors (Lipinski definition) is 3. The van der Waals surface area contributed by atoms with Crippen LogP contribution in [0.15, 0.2) is 42.6 Å². The number of aromatic nitrogens is 1. The van der Waals surface area contributed by atoms with Crippen LogP contribution in [0.4, 0.5) is 11.4 Å². The molecule has 2 rings (SSSR count). The van der Waals surface area contributed by atoms with Gasteiger partial charge >= 0.3 is 0 Å². The topological polar surface area (TPSA) is 68.0 Å². The van der Waals surface area contributed by atoms with Crippen LogP contribution >= 0.6 is 0 Å². The number of carbonyl (C=O) groups is 1. The number of nitrogens with two attached hydrogens (primary N) is 1. The summed E-state index contributed by atoms with van der Waals surface area (Å²) in [6.45, 7) is 1.84. The fourth-order valence-electron chi connectivity index (χ4n) is 1.51. The highest BCUT2D eigenvalue weighted by molar-refractivity contribution is 6.04. The molecule has 1 amide bonds. The summed E-state index contributed by atoms with van der Waals surface area (Å²) >= 11 is 0. The zero-order valence-corrected chi connectivity index (χ0v) is 9.47. The molecule has 0 unspecified atom stereocenters. The molecule has 2 aromatic rings. The van der Waals surface area contributed by atoms with Crippen molar-refractivity contribution in [1.82, 2.24) is 4.98 Å². The van der Waals surface area contributed by atoms with Gasteiger partial charge in [-0.05, 0) is 37.3 Å². The normalized spacial score (nSPS) is 9.94. The molecule has 0 aliphatic heterocycles. The van der Waals surface area contributed by atoms with E-state index in [-0.39, 0.29) is 5.91 Å². The maximum absolute atomic E-state index is 11.9. The number of nitrogens with zero attached hydrogens (tertiary/aromatic N) is 1. The van der Waals surface area contributed by atoms with E-state index in [9.17, 15) is 4.79 Å².